The van der Waals surface area contributed by atoms with Crippen LogP contribution in [0.15, 0.2) is 53.4 Å². The van der Waals surface area contributed by atoms with Gasteiger partial charge in [0.2, 0.25) is 10.0 Å². The molecular weight excluding hydrogens is 408 g/mol. The predicted octanol–water partition coefficient (Wildman–Crippen LogP) is 3.76. The molecule has 2 aliphatic rings. The number of nitrogens with one attached hydrogen (secondary N) is 3. The molecule has 1 saturated heterocycles. The highest BCUT2D eigenvalue weighted by molar-refractivity contribution is 7.89. The van der Waals surface area contributed by atoms with Crippen LogP contribution in [0.3, 0.4) is 0 Å². The van der Waals surface area contributed by atoms with Crippen molar-refractivity contribution >= 4 is 38.2 Å². The Hall–Kier alpha value is -2.06. The van der Waals surface area contributed by atoms with E-state index < -0.39 is 10.0 Å². The summed E-state index contributed by atoms with van der Waals surface area (Å²) in [6.45, 7) is 2.57. The minimum atomic E-state index is -3.47. The molecule has 8 heteroatoms. The van der Waals surface area contributed by atoms with E-state index in [1.165, 1.54) is 0 Å². The molecule has 2 aliphatic heterocycles. The minimum absolute atomic E-state index is 0.243. The first-order valence-electron chi connectivity index (χ1n) is 9.86. The zero-order valence-corrected chi connectivity index (χ0v) is 17.4. The quantitative estimate of drug-likeness (QED) is 0.591. The Bertz CT molecular complexity index is 1150. The molecule has 0 unspecified atom stereocenters. The summed E-state index contributed by atoms with van der Waals surface area (Å²) in [5, 5.41) is 5.22. The SMILES string of the molecule is O=S1(=O)N[C@H](C2CCN(Cc3[nH]c4ccccc4c3Cl)CC2)Nc2ccccc21. The van der Waals surface area contributed by atoms with Gasteiger partial charge in [-0.2, -0.15) is 4.72 Å². The van der Waals surface area contributed by atoms with Gasteiger partial charge in [-0.25, -0.2) is 8.42 Å². The van der Waals surface area contributed by atoms with Crippen LogP contribution in [0.1, 0.15) is 18.5 Å². The third-order valence-electron chi connectivity index (χ3n) is 5.97. The number of para-hydroxylation sites is 2. The average molecular weight is 431 g/mol. The van der Waals surface area contributed by atoms with Gasteiger partial charge in [-0.05, 0) is 50.0 Å². The Kier molecular flexibility index (Phi) is 4.78. The van der Waals surface area contributed by atoms with Gasteiger partial charge in [-0.15, -0.1) is 0 Å². The Labute approximate surface area is 175 Å². The lowest BCUT2D eigenvalue weighted by molar-refractivity contribution is 0.162. The Balaban J connectivity index is 1.26. The number of aromatic amines is 1. The molecule has 1 aromatic heterocycles. The highest BCUT2D eigenvalue weighted by Crippen LogP contribution is 2.32. The smallest absolute Gasteiger partial charge is 0.244 e. The lowest BCUT2D eigenvalue weighted by atomic mass is 9.93. The van der Waals surface area contributed by atoms with Crippen LogP contribution >= 0.6 is 11.6 Å². The van der Waals surface area contributed by atoms with Gasteiger partial charge in [0.1, 0.15) is 4.90 Å². The van der Waals surface area contributed by atoms with Crippen molar-refractivity contribution in [2.45, 2.75) is 30.4 Å². The van der Waals surface area contributed by atoms with Crippen LogP contribution in [0.2, 0.25) is 5.02 Å². The van der Waals surface area contributed by atoms with E-state index >= 15 is 0 Å². The number of anilines is 1. The van der Waals surface area contributed by atoms with E-state index in [2.05, 4.69) is 19.9 Å². The van der Waals surface area contributed by atoms with E-state index in [9.17, 15) is 8.42 Å². The second-order valence-corrected chi connectivity index (χ2v) is 9.88. The van der Waals surface area contributed by atoms with Crippen LogP contribution in [-0.2, 0) is 16.6 Å². The van der Waals surface area contributed by atoms with Crippen LogP contribution in [0.25, 0.3) is 10.9 Å². The molecule has 0 radical (unpaired) electrons. The second kappa shape index (κ2) is 7.32. The first-order chi connectivity index (χ1) is 14.0. The van der Waals surface area contributed by atoms with Crippen molar-refractivity contribution in [2.75, 3.05) is 18.4 Å². The Morgan fingerprint density at radius 3 is 2.55 bits per heavy atom. The van der Waals surface area contributed by atoms with E-state index in [-0.39, 0.29) is 12.1 Å². The number of sulfonamides is 1. The maximum Gasteiger partial charge on any atom is 0.244 e. The van der Waals surface area contributed by atoms with Crippen LogP contribution in [0.5, 0.6) is 0 Å². The fourth-order valence-electron chi connectivity index (χ4n) is 4.40. The van der Waals surface area contributed by atoms with Gasteiger partial charge in [0.05, 0.1) is 16.9 Å². The van der Waals surface area contributed by atoms with Gasteiger partial charge in [-0.3, -0.25) is 4.90 Å². The van der Waals surface area contributed by atoms with Gasteiger partial charge >= 0.3 is 0 Å². The van der Waals surface area contributed by atoms with E-state index in [1.54, 1.807) is 12.1 Å². The number of hydrogen-bond donors (Lipinski definition) is 3. The van der Waals surface area contributed by atoms with Gasteiger partial charge in [0.15, 0.2) is 0 Å². The van der Waals surface area contributed by atoms with Gasteiger partial charge in [0, 0.05) is 23.1 Å². The third-order valence-corrected chi connectivity index (χ3v) is 7.90. The number of piperidine rings is 1. The van der Waals surface area contributed by atoms with E-state index in [1.807, 2.05) is 36.4 Å². The first kappa shape index (κ1) is 18.9. The molecule has 1 atom stereocenters. The summed E-state index contributed by atoms with van der Waals surface area (Å²) in [4.78, 5) is 6.12. The highest BCUT2D eigenvalue weighted by Gasteiger charge is 2.35. The normalized spacial score (nSPS) is 22.3. The van der Waals surface area contributed by atoms with Crippen molar-refractivity contribution in [1.82, 2.24) is 14.6 Å². The summed E-state index contributed by atoms with van der Waals surface area (Å²) in [5.74, 6) is 0.243. The van der Waals surface area contributed by atoms with Crippen molar-refractivity contribution in [3.05, 3.63) is 59.2 Å². The summed E-state index contributed by atoms with van der Waals surface area (Å²) in [6.07, 6.45) is 1.56. The molecule has 0 bridgehead atoms. The van der Waals surface area contributed by atoms with Crippen molar-refractivity contribution in [2.24, 2.45) is 5.92 Å². The summed E-state index contributed by atoms with van der Waals surface area (Å²) >= 11 is 6.56. The van der Waals surface area contributed by atoms with Crippen molar-refractivity contribution in [1.29, 1.82) is 0 Å². The molecule has 0 aliphatic carbocycles. The number of H-pyrrole nitrogens is 1. The number of benzene rings is 2. The minimum Gasteiger partial charge on any atom is -0.368 e. The maximum absolute atomic E-state index is 12.6. The summed E-state index contributed by atoms with van der Waals surface area (Å²) in [5.41, 5.74) is 2.78. The average Bonchev–Trinajstić information content (AvgIpc) is 3.04. The van der Waals surface area contributed by atoms with Crippen LogP contribution in [-0.4, -0.2) is 37.6 Å². The second-order valence-electron chi connectivity index (χ2n) is 7.82. The molecule has 3 N–H and O–H groups in total. The number of fused-ring (bicyclic) bond motifs is 2. The largest absolute Gasteiger partial charge is 0.368 e. The third kappa shape index (κ3) is 3.53. The van der Waals surface area contributed by atoms with Gasteiger partial charge < -0.3 is 10.3 Å². The molecule has 152 valence electrons. The van der Waals surface area contributed by atoms with Crippen molar-refractivity contribution in [3.8, 4) is 0 Å². The monoisotopic (exact) mass is 430 g/mol. The zero-order chi connectivity index (χ0) is 20.0. The summed E-state index contributed by atoms with van der Waals surface area (Å²) in [6, 6.07) is 15.1. The van der Waals surface area contributed by atoms with E-state index in [0.717, 1.165) is 54.1 Å². The van der Waals surface area contributed by atoms with E-state index in [4.69, 9.17) is 11.6 Å². The van der Waals surface area contributed by atoms with E-state index in [0.29, 0.717) is 10.6 Å². The molecule has 0 amide bonds. The number of rotatable bonds is 3. The molecular formula is C21H23ClN4O2S. The molecule has 0 spiro atoms. The highest BCUT2D eigenvalue weighted by atomic mass is 35.5. The fraction of sp³-hybridized carbons (Fsp3) is 0.333. The number of aromatic nitrogens is 1. The van der Waals surface area contributed by atoms with Crippen molar-refractivity contribution < 1.29 is 8.42 Å². The van der Waals surface area contributed by atoms with Crippen LogP contribution in [0.4, 0.5) is 5.69 Å². The van der Waals surface area contributed by atoms with Gasteiger partial charge in [-0.1, -0.05) is 41.9 Å². The molecule has 2 aromatic carbocycles. The Morgan fingerprint density at radius 1 is 1.03 bits per heavy atom. The number of halogens is 1. The maximum atomic E-state index is 12.6. The summed E-state index contributed by atoms with van der Waals surface area (Å²) in [7, 11) is -3.47. The number of hydrogen-bond acceptors (Lipinski definition) is 4. The lowest BCUT2D eigenvalue weighted by Gasteiger charge is -2.38. The van der Waals surface area contributed by atoms with Crippen LogP contribution < -0.4 is 10.0 Å². The number of likely N-dealkylation sites (tertiary alicyclic amines) is 1. The number of nitrogens with zero attached hydrogens (tertiary/aromatic N) is 1. The lowest BCUT2D eigenvalue weighted by Crippen LogP contribution is -2.51. The molecule has 6 nitrogen and oxygen atoms in total. The molecule has 1 fully saturated rings. The van der Waals surface area contributed by atoms with Crippen LogP contribution in [0, 0.1) is 5.92 Å². The molecule has 0 saturated carbocycles. The molecule has 3 heterocycles. The fourth-order valence-corrected chi connectivity index (χ4v) is 6.06. The topological polar surface area (TPSA) is 77.2 Å². The predicted molar refractivity (Wildman–Crippen MR) is 115 cm³/mol. The van der Waals surface area contributed by atoms with Gasteiger partial charge in [0.25, 0.3) is 0 Å². The zero-order valence-electron chi connectivity index (χ0n) is 15.9. The molecule has 29 heavy (non-hydrogen) atoms. The molecule has 5 rings (SSSR count). The first-order valence-corrected chi connectivity index (χ1v) is 11.7. The van der Waals surface area contributed by atoms with Crippen molar-refractivity contribution in [3.63, 3.8) is 0 Å². The Morgan fingerprint density at radius 2 is 1.76 bits per heavy atom. The molecule has 3 aromatic rings. The summed E-state index contributed by atoms with van der Waals surface area (Å²) < 4.78 is 28.0. The standard InChI is InChI=1S/C21H23ClN4O2S/c22-20-15-5-1-2-6-16(15)23-18(20)13-26-11-9-14(10-12-26)21-24-17-7-3-4-8-19(17)29(27,28)25-21/h1-8,14,21,23-25H,9-13H2/t21-/m1/s1.